The number of morpholine rings is 1. The number of aryl methyl sites for hydroxylation is 1. The van der Waals surface area contributed by atoms with Crippen LogP contribution in [0.2, 0.25) is 5.28 Å². The van der Waals surface area contributed by atoms with Crippen LogP contribution >= 0.6 is 22.9 Å². The van der Waals surface area contributed by atoms with Gasteiger partial charge in [-0.1, -0.05) is 11.3 Å². The van der Waals surface area contributed by atoms with Crippen molar-refractivity contribution in [2.45, 2.75) is 44.7 Å². The van der Waals surface area contributed by atoms with Gasteiger partial charge in [-0.15, -0.1) is 0 Å². The molecular weight excluding hydrogens is 346 g/mol. The van der Waals surface area contributed by atoms with Crippen molar-refractivity contribution in [1.29, 1.82) is 0 Å². The van der Waals surface area contributed by atoms with Gasteiger partial charge in [-0.25, -0.2) is 9.97 Å². The fraction of sp³-hybridized carbons (Fsp3) is 0.688. The maximum absolute atomic E-state index is 6.07. The highest BCUT2D eigenvalue weighted by Crippen LogP contribution is 2.30. The van der Waals surface area contributed by atoms with Gasteiger partial charge in [0, 0.05) is 25.2 Å². The lowest BCUT2D eigenvalue weighted by molar-refractivity contribution is 0.00791. The van der Waals surface area contributed by atoms with Crippen molar-refractivity contribution >= 4 is 39.1 Å². The molecule has 0 atom stereocenters. The summed E-state index contributed by atoms with van der Waals surface area (Å²) < 4.78 is 5.46. The third-order valence-electron chi connectivity index (χ3n) is 4.94. The fourth-order valence-electron chi connectivity index (χ4n) is 3.72. The zero-order valence-electron chi connectivity index (χ0n) is 13.8. The van der Waals surface area contributed by atoms with E-state index in [1.165, 1.54) is 12.8 Å². The molecule has 130 valence electrons. The summed E-state index contributed by atoms with van der Waals surface area (Å²) >= 11 is 7.63. The molecular formula is C16H22ClN5OS. The highest BCUT2D eigenvalue weighted by atomic mass is 35.5. The molecule has 0 amide bonds. The summed E-state index contributed by atoms with van der Waals surface area (Å²) in [7, 11) is 0. The molecule has 6 nitrogen and oxygen atoms in total. The number of anilines is 1. The summed E-state index contributed by atoms with van der Waals surface area (Å²) in [5, 5.41) is 4.84. The van der Waals surface area contributed by atoms with E-state index in [9.17, 15) is 0 Å². The van der Waals surface area contributed by atoms with Gasteiger partial charge >= 0.3 is 0 Å². The van der Waals surface area contributed by atoms with E-state index in [1.54, 1.807) is 11.3 Å². The minimum absolute atomic E-state index is 0.288. The van der Waals surface area contributed by atoms with Gasteiger partial charge in [-0.2, -0.15) is 4.98 Å². The Bertz CT molecular complexity index is 710. The molecule has 3 heterocycles. The summed E-state index contributed by atoms with van der Waals surface area (Å²) in [5.41, 5.74) is 0.845. The molecule has 1 aliphatic carbocycles. The van der Waals surface area contributed by atoms with Crippen molar-refractivity contribution < 1.29 is 4.74 Å². The number of nitrogens with zero attached hydrogens (tertiary/aromatic N) is 4. The Balaban J connectivity index is 1.42. The number of halogens is 1. The van der Waals surface area contributed by atoms with Crippen LogP contribution in [-0.2, 0) is 4.74 Å². The Labute approximate surface area is 150 Å². The minimum Gasteiger partial charge on any atom is -0.379 e. The first-order valence-electron chi connectivity index (χ1n) is 8.58. The van der Waals surface area contributed by atoms with Crippen LogP contribution in [0.4, 0.5) is 5.82 Å². The van der Waals surface area contributed by atoms with Crippen LogP contribution in [0, 0.1) is 6.92 Å². The zero-order valence-corrected chi connectivity index (χ0v) is 15.4. The number of ether oxygens (including phenoxy) is 1. The number of aromatic nitrogens is 3. The van der Waals surface area contributed by atoms with Gasteiger partial charge in [-0.05, 0) is 44.2 Å². The predicted octanol–water partition coefficient (Wildman–Crippen LogP) is 3.10. The number of fused-ring (bicyclic) bond motifs is 1. The van der Waals surface area contributed by atoms with Crippen molar-refractivity contribution in [2.24, 2.45) is 0 Å². The summed E-state index contributed by atoms with van der Waals surface area (Å²) in [6, 6.07) is 1.13. The Kier molecular flexibility index (Phi) is 4.85. The van der Waals surface area contributed by atoms with Crippen LogP contribution in [0.3, 0.4) is 0 Å². The molecule has 4 rings (SSSR count). The van der Waals surface area contributed by atoms with Crippen LogP contribution in [0.15, 0.2) is 0 Å². The largest absolute Gasteiger partial charge is 0.379 e. The Hall–Kier alpha value is -1.02. The standard InChI is InChI=1S/C16H22ClN5OS/c1-10-18-13-14(20-16(17)21-15(13)24-10)19-11-2-4-12(5-3-11)22-6-8-23-9-7-22/h11-12H,2-9H2,1H3,(H,19,20,21). The van der Waals surface area contributed by atoms with Crippen LogP contribution in [0.5, 0.6) is 0 Å². The van der Waals surface area contributed by atoms with E-state index in [0.717, 1.165) is 60.3 Å². The number of nitrogens with one attached hydrogen (secondary N) is 1. The molecule has 1 saturated carbocycles. The molecule has 2 aromatic heterocycles. The monoisotopic (exact) mass is 367 g/mol. The van der Waals surface area contributed by atoms with Crippen molar-refractivity contribution in [2.75, 3.05) is 31.6 Å². The first-order chi connectivity index (χ1) is 11.7. The molecule has 0 bridgehead atoms. The quantitative estimate of drug-likeness (QED) is 0.841. The highest BCUT2D eigenvalue weighted by Gasteiger charge is 2.27. The van der Waals surface area contributed by atoms with E-state index in [2.05, 4.69) is 25.2 Å². The molecule has 8 heteroatoms. The molecule has 2 fully saturated rings. The first kappa shape index (κ1) is 16.4. The normalized spacial score (nSPS) is 25.9. The third-order valence-corrected chi connectivity index (χ3v) is 5.97. The zero-order chi connectivity index (χ0) is 16.5. The number of hydrogen-bond acceptors (Lipinski definition) is 7. The van der Waals surface area contributed by atoms with E-state index >= 15 is 0 Å². The molecule has 0 radical (unpaired) electrons. The van der Waals surface area contributed by atoms with Crippen molar-refractivity contribution in [3.8, 4) is 0 Å². The van der Waals surface area contributed by atoms with Gasteiger partial charge in [0.15, 0.2) is 10.6 Å². The summed E-state index contributed by atoms with van der Waals surface area (Å²) in [5.74, 6) is 0.782. The van der Waals surface area contributed by atoms with Crippen LogP contribution in [0.1, 0.15) is 30.7 Å². The average Bonchev–Trinajstić information content (AvgIpc) is 2.97. The van der Waals surface area contributed by atoms with E-state index in [-0.39, 0.29) is 5.28 Å². The lowest BCUT2D eigenvalue weighted by atomic mass is 9.90. The molecule has 1 aliphatic heterocycles. The Morgan fingerprint density at radius 2 is 1.88 bits per heavy atom. The molecule has 0 aromatic carbocycles. The van der Waals surface area contributed by atoms with Crippen molar-refractivity contribution in [3.63, 3.8) is 0 Å². The van der Waals surface area contributed by atoms with Crippen LogP contribution in [0.25, 0.3) is 10.3 Å². The molecule has 1 N–H and O–H groups in total. The summed E-state index contributed by atoms with van der Waals surface area (Å²) in [6.45, 7) is 5.88. The van der Waals surface area contributed by atoms with Gasteiger partial charge in [-0.3, -0.25) is 4.90 Å². The number of rotatable bonds is 3. The predicted molar refractivity (Wildman–Crippen MR) is 97.0 cm³/mol. The maximum atomic E-state index is 6.07. The topological polar surface area (TPSA) is 63.2 Å². The van der Waals surface area contributed by atoms with Gasteiger partial charge < -0.3 is 10.1 Å². The molecule has 1 saturated heterocycles. The maximum Gasteiger partial charge on any atom is 0.225 e. The second-order valence-electron chi connectivity index (χ2n) is 6.53. The number of hydrogen-bond donors (Lipinski definition) is 1. The first-order valence-corrected chi connectivity index (χ1v) is 9.77. The molecule has 2 aliphatic rings. The SMILES string of the molecule is Cc1nc2c(NC3CCC(N4CCOCC4)CC3)nc(Cl)nc2s1. The van der Waals surface area contributed by atoms with Crippen molar-refractivity contribution in [1.82, 2.24) is 19.9 Å². The molecule has 0 unspecified atom stereocenters. The smallest absolute Gasteiger partial charge is 0.225 e. The second-order valence-corrected chi connectivity index (χ2v) is 8.05. The van der Waals surface area contributed by atoms with Gasteiger partial charge in [0.25, 0.3) is 0 Å². The van der Waals surface area contributed by atoms with Crippen LogP contribution < -0.4 is 5.32 Å². The molecule has 0 spiro atoms. The van der Waals surface area contributed by atoms with Gasteiger partial charge in [0.05, 0.1) is 18.2 Å². The van der Waals surface area contributed by atoms with E-state index in [0.29, 0.717) is 12.1 Å². The summed E-state index contributed by atoms with van der Waals surface area (Å²) in [4.78, 5) is 16.7. The third kappa shape index (κ3) is 3.49. The molecule has 24 heavy (non-hydrogen) atoms. The van der Waals surface area contributed by atoms with Gasteiger partial charge in [0.1, 0.15) is 5.52 Å². The Morgan fingerprint density at radius 3 is 2.62 bits per heavy atom. The lowest BCUT2D eigenvalue weighted by Gasteiger charge is -2.39. The second kappa shape index (κ2) is 7.07. The molecule has 2 aromatic rings. The minimum atomic E-state index is 0.288. The summed E-state index contributed by atoms with van der Waals surface area (Å²) in [6.07, 6.45) is 4.73. The van der Waals surface area contributed by atoms with E-state index in [1.807, 2.05) is 6.92 Å². The lowest BCUT2D eigenvalue weighted by Crippen LogP contribution is -2.46. The average molecular weight is 368 g/mol. The highest BCUT2D eigenvalue weighted by molar-refractivity contribution is 7.18. The van der Waals surface area contributed by atoms with Gasteiger partial charge in [0.2, 0.25) is 5.28 Å². The number of thiazole rings is 1. The van der Waals surface area contributed by atoms with Crippen molar-refractivity contribution in [3.05, 3.63) is 10.3 Å². The van der Waals surface area contributed by atoms with E-state index < -0.39 is 0 Å². The Morgan fingerprint density at radius 1 is 1.12 bits per heavy atom. The van der Waals surface area contributed by atoms with E-state index in [4.69, 9.17) is 16.3 Å². The van der Waals surface area contributed by atoms with Crippen LogP contribution in [-0.4, -0.2) is 58.2 Å². The fourth-order valence-corrected chi connectivity index (χ4v) is 4.73.